The zero-order chi connectivity index (χ0) is 16.5. The van der Waals surface area contributed by atoms with Gasteiger partial charge < -0.3 is 9.47 Å². The van der Waals surface area contributed by atoms with Gasteiger partial charge in [-0.05, 0) is 49.4 Å². The molecule has 1 saturated heterocycles. The highest BCUT2D eigenvalue weighted by molar-refractivity contribution is 5.87. The fourth-order valence-electron chi connectivity index (χ4n) is 7.11. The number of fused-ring (bicyclic) bond motifs is 3. The van der Waals surface area contributed by atoms with Crippen LogP contribution in [0.4, 0.5) is 0 Å². The van der Waals surface area contributed by atoms with Gasteiger partial charge in [-0.2, -0.15) is 0 Å². The first kappa shape index (κ1) is 16.1. The van der Waals surface area contributed by atoms with Crippen LogP contribution in [-0.4, -0.2) is 24.8 Å². The molecule has 130 valence electrons. The highest BCUT2D eigenvalue weighted by Crippen LogP contribution is 2.70. The minimum atomic E-state index is -0.397. The van der Waals surface area contributed by atoms with Gasteiger partial charge in [0, 0.05) is 23.7 Å². The van der Waals surface area contributed by atoms with E-state index in [1.165, 1.54) is 0 Å². The topological polar surface area (TPSA) is 35.5 Å². The minimum Gasteiger partial charge on any atom is -0.349 e. The van der Waals surface area contributed by atoms with Crippen molar-refractivity contribution in [3.63, 3.8) is 0 Å². The second-order valence-electron chi connectivity index (χ2n) is 9.55. The monoisotopic (exact) mass is 320 g/mol. The molecule has 3 saturated carbocycles. The quantitative estimate of drug-likeness (QED) is 0.666. The van der Waals surface area contributed by atoms with E-state index in [1.54, 1.807) is 0 Å². The second-order valence-corrected chi connectivity index (χ2v) is 9.55. The molecule has 0 unspecified atom stereocenters. The van der Waals surface area contributed by atoms with Crippen LogP contribution in [0.5, 0.6) is 0 Å². The SMILES string of the molecule is CC1(C)[C@@H]2CC[C@@]3(C)C(=O)CC[C@@H]3[C@@]2(C)CCC12OCCCO2. The van der Waals surface area contributed by atoms with Crippen LogP contribution in [0, 0.1) is 28.1 Å². The van der Waals surface area contributed by atoms with Gasteiger partial charge in [-0.25, -0.2) is 0 Å². The summed E-state index contributed by atoms with van der Waals surface area (Å²) in [5, 5.41) is 0. The molecular formula is C20H32O3. The fraction of sp³-hybridized carbons (Fsp3) is 0.950. The third-order valence-electron chi connectivity index (χ3n) is 8.42. The molecule has 3 aliphatic carbocycles. The van der Waals surface area contributed by atoms with Crippen molar-refractivity contribution < 1.29 is 14.3 Å². The number of rotatable bonds is 0. The van der Waals surface area contributed by atoms with Crippen molar-refractivity contribution in [1.29, 1.82) is 0 Å². The van der Waals surface area contributed by atoms with Crippen molar-refractivity contribution in [2.45, 2.75) is 78.4 Å². The molecule has 0 amide bonds. The van der Waals surface area contributed by atoms with Gasteiger partial charge in [0.05, 0.1) is 13.2 Å². The Bertz CT molecular complexity index is 519. The molecule has 0 bridgehead atoms. The molecule has 0 aromatic carbocycles. The molecule has 4 rings (SSSR count). The molecule has 0 N–H and O–H groups in total. The molecule has 23 heavy (non-hydrogen) atoms. The summed E-state index contributed by atoms with van der Waals surface area (Å²) in [6.45, 7) is 11.1. The lowest BCUT2D eigenvalue weighted by Crippen LogP contribution is -2.65. The summed E-state index contributed by atoms with van der Waals surface area (Å²) in [6, 6.07) is 0. The van der Waals surface area contributed by atoms with Gasteiger partial charge in [0.15, 0.2) is 5.79 Å². The largest absolute Gasteiger partial charge is 0.349 e. The lowest BCUT2D eigenvalue weighted by Gasteiger charge is -2.65. The Hall–Kier alpha value is -0.410. The fourth-order valence-corrected chi connectivity index (χ4v) is 7.11. The number of hydrogen-bond donors (Lipinski definition) is 0. The molecule has 1 heterocycles. The summed E-state index contributed by atoms with van der Waals surface area (Å²) in [5.41, 5.74) is 0.186. The van der Waals surface area contributed by atoms with Gasteiger partial charge in [0.1, 0.15) is 5.78 Å². The van der Waals surface area contributed by atoms with E-state index in [2.05, 4.69) is 27.7 Å². The van der Waals surface area contributed by atoms with E-state index in [0.29, 0.717) is 17.6 Å². The maximum Gasteiger partial charge on any atom is 0.173 e. The number of carbonyl (C=O) groups excluding carboxylic acids is 1. The zero-order valence-corrected chi connectivity index (χ0v) is 15.2. The number of ether oxygens (including phenoxy) is 2. The standard InChI is InChI=1S/C20H32O3/c1-17(2)14-8-9-19(4)15(6-7-16(19)21)18(14,3)10-11-20(17)22-12-5-13-23-20/h14-15H,5-13H2,1-4H3/t14-,15+,18-,19+/m0/s1. The summed E-state index contributed by atoms with van der Waals surface area (Å²) in [5.74, 6) is 1.24. The lowest BCUT2D eigenvalue weighted by molar-refractivity contribution is -0.361. The number of hydrogen-bond acceptors (Lipinski definition) is 3. The van der Waals surface area contributed by atoms with Gasteiger partial charge in [-0.15, -0.1) is 0 Å². The Morgan fingerprint density at radius 1 is 0.913 bits per heavy atom. The van der Waals surface area contributed by atoms with Crippen LogP contribution >= 0.6 is 0 Å². The van der Waals surface area contributed by atoms with Crippen LogP contribution in [0.15, 0.2) is 0 Å². The van der Waals surface area contributed by atoms with E-state index < -0.39 is 5.79 Å². The van der Waals surface area contributed by atoms with Crippen molar-refractivity contribution in [2.75, 3.05) is 13.2 Å². The van der Waals surface area contributed by atoms with E-state index in [-0.39, 0.29) is 16.2 Å². The first-order chi connectivity index (χ1) is 10.8. The van der Waals surface area contributed by atoms with E-state index in [0.717, 1.165) is 58.2 Å². The molecule has 3 nitrogen and oxygen atoms in total. The molecule has 4 atom stereocenters. The van der Waals surface area contributed by atoms with Crippen molar-refractivity contribution >= 4 is 5.78 Å². The van der Waals surface area contributed by atoms with Gasteiger partial charge in [-0.3, -0.25) is 4.79 Å². The van der Waals surface area contributed by atoms with Crippen LogP contribution in [-0.2, 0) is 14.3 Å². The molecule has 1 aliphatic heterocycles. The number of ketones is 1. The molecule has 3 heteroatoms. The molecule has 1 spiro atoms. The highest BCUT2D eigenvalue weighted by atomic mass is 16.7. The van der Waals surface area contributed by atoms with E-state index in [1.807, 2.05) is 0 Å². The van der Waals surface area contributed by atoms with Crippen molar-refractivity contribution in [2.24, 2.45) is 28.1 Å². The van der Waals surface area contributed by atoms with Crippen LogP contribution < -0.4 is 0 Å². The van der Waals surface area contributed by atoms with Crippen molar-refractivity contribution in [3.05, 3.63) is 0 Å². The Labute approximate surface area is 140 Å². The molecule has 4 fully saturated rings. The van der Waals surface area contributed by atoms with Crippen LogP contribution in [0.3, 0.4) is 0 Å². The van der Waals surface area contributed by atoms with Gasteiger partial charge in [-0.1, -0.05) is 27.7 Å². The van der Waals surface area contributed by atoms with Crippen LogP contribution in [0.1, 0.15) is 72.6 Å². The second kappa shape index (κ2) is 4.82. The van der Waals surface area contributed by atoms with E-state index in [9.17, 15) is 4.79 Å². The summed E-state index contributed by atoms with van der Waals surface area (Å²) < 4.78 is 12.6. The van der Waals surface area contributed by atoms with Crippen LogP contribution in [0.2, 0.25) is 0 Å². The Morgan fingerprint density at radius 3 is 2.30 bits per heavy atom. The summed E-state index contributed by atoms with van der Waals surface area (Å²) in [7, 11) is 0. The number of Topliss-reactive ketones (excluding diaryl/α,β-unsaturated/α-hetero) is 1. The lowest BCUT2D eigenvalue weighted by atomic mass is 9.42. The summed E-state index contributed by atoms with van der Waals surface area (Å²) in [4.78, 5) is 12.6. The molecule has 0 aromatic heterocycles. The predicted octanol–water partition coefficient (Wildman–Crippen LogP) is 4.34. The zero-order valence-electron chi connectivity index (χ0n) is 15.2. The maximum atomic E-state index is 12.6. The summed E-state index contributed by atoms with van der Waals surface area (Å²) >= 11 is 0. The predicted molar refractivity (Wildman–Crippen MR) is 88.9 cm³/mol. The molecule has 0 radical (unpaired) electrons. The average Bonchev–Trinajstić information content (AvgIpc) is 2.82. The van der Waals surface area contributed by atoms with Crippen molar-refractivity contribution in [1.82, 2.24) is 0 Å². The van der Waals surface area contributed by atoms with Gasteiger partial charge >= 0.3 is 0 Å². The Balaban J connectivity index is 1.72. The normalized spacial score (nSPS) is 48.1. The minimum absolute atomic E-state index is 0.00733. The molecular weight excluding hydrogens is 288 g/mol. The first-order valence-corrected chi connectivity index (χ1v) is 9.58. The Morgan fingerprint density at radius 2 is 1.61 bits per heavy atom. The maximum absolute atomic E-state index is 12.6. The molecule has 4 aliphatic rings. The third kappa shape index (κ3) is 1.87. The van der Waals surface area contributed by atoms with Crippen molar-refractivity contribution in [3.8, 4) is 0 Å². The Kier molecular flexibility index (Phi) is 3.37. The van der Waals surface area contributed by atoms with Gasteiger partial charge in [0.2, 0.25) is 0 Å². The van der Waals surface area contributed by atoms with E-state index in [4.69, 9.17) is 9.47 Å². The van der Waals surface area contributed by atoms with E-state index >= 15 is 0 Å². The third-order valence-corrected chi connectivity index (χ3v) is 8.42. The molecule has 0 aromatic rings. The highest BCUT2D eigenvalue weighted by Gasteiger charge is 2.68. The number of carbonyl (C=O) groups is 1. The van der Waals surface area contributed by atoms with Gasteiger partial charge in [0.25, 0.3) is 0 Å². The summed E-state index contributed by atoms with van der Waals surface area (Å²) in [6.07, 6.45) is 7.19. The first-order valence-electron chi connectivity index (χ1n) is 9.58. The smallest absolute Gasteiger partial charge is 0.173 e. The average molecular weight is 320 g/mol. The van der Waals surface area contributed by atoms with Crippen LogP contribution in [0.25, 0.3) is 0 Å².